The first kappa shape index (κ1) is 18.3. The van der Waals surface area contributed by atoms with Crippen LogP contribution in [0.1, 0.15) is 5.56 Å². The average molecular weight is 358 g/mol. The summed E-state index contributed by atoms with van der Waals surface area (Å²) < 4.78 is 10.5. The SMILES string of the molecule is COc1ccc(CCNc2nncc(NCCN3CCOCC3)n2)cc1. The second-order valence-electron chi connectivity index (χ2n) is 6.07. The predicted molar refractivity (Wildman–Crippen MR) is 101 cm³/mol. The van der Waals surface area contributed by atoms with E-state index < -0.39 is 0 Å². The number of nitrogens with zero attached hydrogens (tertiary/aromatic N) is 4. The zero-order valence-electron chi connectivity index (χ0n) is 15.1. The van der Waals surface area contributed by atoms with Gasteiger partial charge in [-0.2, -0.15) is 10.1 Å². The molecule has 2 heterocycles. The first-order valence-corrected chi connectivity index (χ1v) is 8.94. The average Bonchev–Trinajstić information content (AvgIpc) is 2.70. The lowest BCUT2D eigenvalue weighted by Crippen LogP contribution is -2.39. The lowest BCUT2D eigenvalue weighted by Gasteiger charge is -2.26. The van der Waals surface area contributed by atoms with Gasteiger partial charge in [0, 0.05) is 32.7 Å². The van der Waals surface area contributed by atoms with Crippen molar-refractivity contribution in [3.63, 3.8) is 0 Å². The number of hydrogen-bond donors (Lipinski definition) is 2. The van der Waals surface area contributed by atoms with Crippen LogP contribution in [-0.4, -0.2) is 73.1 Å². The minimum absolute atomic E-state index is 0.537. The van der Waals surface area contributed by atoms with E-state index in [-0.39, 0.29) is 0 Å². The van der Waals surface area contributed by atoms with E-state index in [0.717, 1.165) is 63.9 Å². The Labute approximate surface area is 153 Å². The summed E-state index contributed by atoms with van der Waals surface area (Å²) in [6.45, 7) is 6.14. The highest BCUT2D eigenvalue weighted by atomic mass is 16.5. The van der Waals surface area contributed by atoms with E-state index >= 15 is 0 Å². The van der Waals surface area contributed by atoms with Crippen molar-refractivity contribution in [3.8, 4) is 5.75 Å². The molecule has 1 aliphatic heterocycles. The summed E-state index contributed by atoms with van der Waals surface area (Å²) in [5, 5.41) is 14.6. The maximum absolute atomic E-state index is 5.35. The minimum atomic E-state index is 0.537. The molecule has 0 spiro atoms. The van der Waals surface area contributed by atoms with Gasteiger partial charge in [-0.05, 0) is 24.1 Å². The molecule has 0 radical (unpaired) electrons. The topological polar surface area (TPSA) is 84.4 Å². The maximum atomic E-state index is 5.35. The van der Waals surface area contributed by atoms with Crippen molar-refractivity contribution in [2.75, 3.05) is 63.7 Å². The molecule has 8 heteroatoms. The number of nitrogens with one attached hydrogen (secondary N) is 2. The summed E-state index contributed by atoms with van der Waals surface area (Å²) in [4.78, 5) is 6.83. The lowest BCUT2D eigenvalue weighted by atomic mass is 10.1. The van der Waals surface area contributed by atoms with E-state index in [1.54, 1.807) is 13.3 Å². The Morgan fingerprint density at radius 1 is 1.12 bits per heavy atom. The Kier molecular flexibility index (Phi) is 6.97. The van der Waals surface area contributed by atoms with Gasteiger partial charge in [0.1, 0.15) is 5.75 Å². The van der Waals surface area contributed by atoms with Crippen LogP contribution in [0.25, 0.3) is 0 Å². The Morgan fingerprint density at radius 3 is 2.69 bits per heavy atom. The van der Waals surface area contributed by atoms with Gasteiger partial charge in [0.2, 0.25) is 5.95 Å². The Balaban J connectivity index is 1.40. The molecule has 26 heavy (non-hydrogen) atoms. The molecule has 0 amide bonds. The second kappa shape index (κ2) is 9.88. The predicted octanol–water partition coefficient (Wildman–Crippen LogP) is 1.28. The fraction of sp³-hybridized carbons (Fsp3) is 0.500. The summed E-state index contributed by atoms with van der Waals surface area (Å²) in [7, 11) is 1.67. The minimum Gasteiger partial charge on any atom is -0.497 e. The molecule has 0 unspecified atom stereocenters. The molecule has 1 fully saturated rings. The third-order valence-electron chi connectivity index (χ3n) is 4.25. The van der Waals surface area contributed by atoms with Crippen molar-refractivity contribution in [2.24, 2.45) is 0 Å². The molecule has 8 nitrogen and oxygen atoms in total. The third-order valence-corrected chi connectivity index (χ3v) is 4.25. The van der Waals surface area contributed by atoms with Gasteiger partial charge in [0.25, 0.3) is 0 Å². The number of rotatable bonds is 9. The number of methoxy groups -OCH3 is 1. The smallest absolute Gasteiger partial charge is 0.244 e. The van der Waals surface area contributed by atoms with Crippen LogP contribution >= 0.6 is 0 Å². The number of aromatic nitrogens is 3. The van der Waals surface area contributed by atoms with E-state index in [1.165, 1.54) is 5.56 Å². The van der Waals surface area contributed by atoms with Gasteiger partial charge in [-0.1, -0.05) is 12.1 Å². The molecular formula is C18H26N6O2. The molecule has 3 rings (SSSR count). The molecule has 1 aliphatic rings. The number of morpholine rings is 1. The van der Waals surface area contributed by atoms with E-state index in [4.69, 9.17) is 9.47 Å². The number of anilines is 2. The van der Waals surface area contributed by atoms with Crippen LogP contribution in [0, 0.1) is 0 Å². The first-order chi connectivity index (χ1) is 12.8. The van der Waals surface area contributed by atoms with Crippen LogP contribution in [0.4, 0.5) is 11.8 Å². The number of hydrogen-bond acceptors (Lipinski definition) is 8. The van der Waals surface area contributed by atoms with E-state index in [0.29, 0.717) is 5.95 Å². The number of benzene rings is 1. The molecule has 1 saturated heterocycles. The van der Waals surface area contributed by atoms with Gasteiger partial charge in [0.15, 0.2) is 5.82 Å². The summed E-state index contributed by atoms with van der Waals surface area (Å²) in [5.74, 6) is 2.14. The lowest BCUT2D eigenvalue weighted by molar-refractivity contribution is 0.0398. The highest BCUT2D eigenvalue weighted by molar-refractivity contribution is 5.37. The summed E-state index contributed by atoms with van der Waals surface area (Å²) >= 11 is 0. The molecule has 2 aromatic rings. The van der Waals surface area contributed by atoms with Crippen LogP contribution in [0.2, 0.25) is 0 Å². The van der Waals surface area contributed by atoms with E-state index in [2.05, 4.69) is 42.8 Å². The zero-order chi connectivity index (χ0) is 18.0. The Morgan fingerprint density at radius 2 is 1.92 bits per heavy atom. The first-order valence-electron chi connectivity index (χ1n) is 8.94. The highest BCUT2D eigenvalue weighted by Crippen LogP contribution is 2.12. The fourth-order valence-electron chi connectivity index (χ4n) is 2.74. The molecule has 2 N–H and O–H groups in total. The molecule has 1 aromatic carbocycles. The maximum Gasteiger partial charge on any atom is 0.244 e. The Bertz CT molecular complexity index is 661. The van der Waals surface area contributed by atoms with Crippen molar-refractivity contribution in [1.29, 1.82) is 0 Å². The molecule has 1 aromatic heterocycles. The molecule has 0 bridgehead atoms. The quantitative estimate of drug-likeness (QED) is 0.693. The van der Waals surface area contributed by atoms with Crippen LogP contribution in [-0.2, 0) is 11.2 Å². The van der Waals surface area contributed by atoms with E-state index in [1.807, 2.05) is 12.1 Å². The van der Waals surface area contributed by atoms with Crippen molar-refractivity contribution in [1.82, 2.24) is 20.1 Å². The standard InChI is InChI=1S/C18H26N6O2/c1-25-16-4-2-15(3-5-16)6-7-20-18-22-17(14-21-23-18)19-8-9-24-10-12-26-13-11-24/h2-5,14H,6-13H2,1H3,(H2,19,20,22,23). The van der Waals surface area contributed by atoms with Gasteiger partial charge in [-0.3, -0.25) is 4.90 Å². The second-order valence-corrected chi connectivity index (χ2v) is 6.07. The molecule has 0 atom stereocenters. The normalized spacial score (nSPS) is 14.8. The third kappa shape index (κ3) is 5.82. The monoisotopic (exact) mass is 358 g/mol. The molecular weight excluding hydrogens is 332 g/mol. The molecule has 0 saturated carbocycles. The summed E-state index contributed by atoms with van der Waals surface area (Å²) in [6, 6.07) is 8.05. The van der Waals surface area contributed by atoms with Crippen molar-refractivity contribution in [3.05, 3.63) is 36.0 Å². The van der Waals surface area contributed by atoms with Gasteiger partial charge in [0.05, 0.1) is 26.5 Å². The van der Waals surface area contributed by atoms with Gasteiger partial charge >= 0.3 is 0 Å². The van der Waals surface area contributed by atoms with Gasteiger partial charge < -0.3 is 20.1 Å². The van der Waals surface area contributed by atoms with Gasteiger partial charge in [-0.15, -0.1) is 5.10 Å². The largest absolute Gasteiger partial charge is 0.497 e. The summed E-state index contributed by atoms with van der Waals surface area (Å²) in [6.07, 6.45) is 2.52. The van der Waals surface area contributed by atoms with Crippen molar-refractivity contribution in [2.45, 2.75) is 6.42 Å². The van der Waals surface area contributed by atoms with E-state index in [9.17, 15) is 0 Å². The van der Waals surface area contributed by atoms with Crippen molar-refractivity contribution >= 4 is 11.8 Å². The summed E-state index contributed by atoms with van der Waals surface area (Å²) in [5.41, 5.74) is 1.23. The van der Waals surface area contributed by atoms with Crippen LogP contribution in [0.5, 0.6) is 5.75 Å². The Hall–Kier alpha value is -2.45. The van der Waals surface area contributed by atoms with Crippen LogP contribution < -0.4 is 15.4 Å². The molecule has 140 valence electrons. The zero-order valence-corrected chi connectivity index (χ0v) is 15.1. The highest BCUT2D eigenvalue weighted by Gasteiger charge is 2.09. The fourth-order valence-corrected chi connectivity index (χ4v) is 2.74. The van der Waals surface area contributed by atoms with Gasteiger partial charge in [-0.25, -0.2) is 0 Å². The van der Waals surface area contributed by atoms with Crippen LogP contribution in [0.3, 0.4) is 0 Å². The number of ether oxygens (including phenoxy) is 2. The van der Waals surface area contributed by atoms with Crippen LogP contribution in [0.15, 0.2) is 30.5 Å². The van der Waals surface area contributed by atoms with Crippen molar-refractivity contribution < 1.29 is 9.47 Å². The molecule has 0 aliphatic carbocycles.